The molecule has 0 aliphatic carbocycles. The minimum Gasteiger partial charge on any atom is -0.480 e. The van der Waals surface area contributed by atoms with Crippen LogP contribution in [0.4, 0.5) is 9.18 Å². The van der Waals surface area contributed by atoms with Crippen molar-refractivity contribution in [3.63, 3.8) is 0 Å². The third kappa shape index (κ3) is 8.75. The molecule has 0 unspecified atom stereocenters. The zero-order valence-corrected chi connectivity index (χ0v) is 28.4. The topological polar surface area (TPSA) is 156 Å². The number of hydrogen-bond acceptors (Lipinski definition) is 7. The molecule has 0 radical (unpaired) electrons. The van der Waals surface area contributed by atoms with Gasteiger partial charge >= 0.3 is 12.1 Å². The van der Waals surface area contributed by atoms with Crippen molar-refractivity contribution in [2.45, 2.75) is 83.3 Å². The summed E-state index contributed by atoms with van der Waals surface area (Å²) >= 11 is 0. The number of allylic oxidation sites excluding steroid dienone is 1. The Hall–Kier alpha value is -5.04. The maximum absolute atomic E-state index is 14.5. The van der Waals surface area contributed by atoms with Gasteiger partial charge in [0.05, 0.1) is 12.1 Å². The van der Waals surface area contributed by atoms with Gasteiger partial charge in [-0.15, -0.1) is 6.58 Å². The first kappa shape index (κ1) is 36.2. The van der Waals surface area contributed by atoms with E-state index in [1.165, 1.54) is 17.0 Å². The SMILES string of the molecule is C=CCn1cc(C[C@@H]2CC(=O)[C@@H](NC(=O)OC(C)(C)C)Cc3cccc(c3)CNC(=O)CO[C@H]3CCN(C2=O)[C@@H]3C(=O)O)c2cc(F)ccc21. The average molecular weight is 691 g/mol. The smallest absolute Gasteiger partial charge is 0.408 e. The van der Waals surface area contributed by atoms with E-state index in [1.807, 2.05) is 4.57 Å². The Kier molecular flexibility index (Phi) is 11.0. The Morgan fingerprint density at radius 1 is 1.14 bits per heavy atom. The number of aromatic nitrogens is 1. The van der Waals surface area contributed by atoms with Gasteiger partial charge in [0.1, 0.15) is 18.0 Å². The number of carboxylic acid groups (broad SMARTS) is 1. The summed E-state index contributed by atoms with van der Waals surface area (Å²) in [5, 5.41) is 16.2. The molecule has 0 spiro atoms. The molecule has 3 N–H and O–H groups in total. The van der Waals surface area contributed by atoms with Gasteiger partial charge in [0, 0.05) is 49.1 Å². The number of fused-ring (bicyclic) bond motifs is 5. The molecule has 13 heteroatoms. The van der Waals surface area contributed by atoms with Gasteiger partial charge < -0.3 is 34.7 Å². The summed E-state index contributed by atoms with van der Waals surface area (Å²) < 4.78 is 27.6. The Morgan fingerprint density at radius 3 is 2.62 bits per heavy atom. The number of carbonyl (C=O) groups is 5. The summed E-state index contributed by atoms with van der Waals surface area (Å²) in [4.78, 5) is 68.2. The maximum atomic E-state index is 14.5. The standard InChI is InChI=1S/C37H43FN4O8/c1-5-12-41-20-25(27-18-26(38)9-10-29(27)41)16-24-17-30(43)28(40-36(48)50-37(2,3)4)15-22-7-6-8-23(14-22)19-39-32(44)21-49-31-11-13-42(34(24)45)33(31)35(46)47/h5-10,14,18,20,24,28,31,33H,1,11-13,15-17,19,21H2,2-4H3,(H,39,44)(H,40,48)(H,46,47)/t24-,28+,31+,33+/m1/s1. The number of amides is 3. The molecule has 12 nitrogen and oxygen atoms in total. The molecule has 3 aromatic rings. The number of ketones is 1. The van der Waals surface area contributed by atoms with Crippen molar-refractivity contribution in [1.29, 1.82) is 0 Å². The molecule has 5 rings (SSSR count). The third-order valence-corrected chi connectivity index (χ3v) is 8.82. The number of carbonyl (C=O) groups excluding carboxylic acids is 4. The van der Waals surface area contributed by atoms with Crippen LogP contribution in [-0.4, -0.2) is 81.2 Å². The van der Waals surface area contributed by atoms with Gasteiger partial charge in [-0.3, -0.25) is 14.4 Å². The lowest BCUT2D eigenvalue weighted by atomic mass is 9.88. The molecule has 3 amide bonds. The zero-order chi connectivity index (χ0) is 36.2. The van der Waals surface area contributed by atoms with Crippen molar-refractivity contribution < 1.29 is 42.9 Å². The Labute approximate surface area is 289 Å². The first-order valence-corrected chi connectivity index (χ1v) is 16.6. The van der Waals surface area contributed by atoms with Crippen LogP contribution in [-0.2, 0) is 54.6 Å². The first-order valence-electron chi connectivity index (χ1n) is 16.6. The molecule has 3 heterocycles. The summed E-state index contributed by atoms with van der Waals surface area (Å²) in [5.74, 6) is -4.43. The monoisotopic (exact) mass is 690 g/mol. The number of rotatable bonds is 6. The van der Waals surface area contributed by atoms with Crippen LogP contribution in [0, 0.1) is 11.7 Å². The van der Waals surface area contributed by atoms with Crippen LogP contribution in [0.25, 0.3) is 10.9 Å². The summed E-state index contributed by atoms with van der Waals surface area (Å²) in [6, 6.07) is 8.94. The highest BCUT2D eigenvalue weighted by atomic mass is 19.1. The van der Waals surface area contributed by atoms with E-state index < -0.39 is 71.8 Å². The molecule has 1 saturated heterocycles. The molecular formula is C37H43FN4O8. The number of nitrogens with one attached hydrogen (secondary N) is 2. The van der Waals surface area contributed by atoms with Gasteiger partial charge in [0.2, 0.25) is 11.8 Å². The fourth-order valence-electron chi connectivity index (χ4n) is 6.64. The number of alkyl carbamates (subject to hydrolysis) is 1. The molecule has 2 aliphatic rings. The van der Waals surface area contributed by atoms with Crippen LogP contribution in [0.5, 0.6) is 0 Å². The number of carboxylic acids is 1. The van der Waals surface area contributed by atoms with Crippen LogP contribution in [0.1, 0.15) is 50.3 Å². The van der Waals surface area contributed by atoms with Crippen LogP contribution >= 0.6 is 0 Å². The number of hydrogen-bond donors (Lipinski definition) is 3. The van der Waals surface area contributed by atoms with Crippen LogP contribution in [0.2, 0.25) is 0 Å². The highest BCUT2D eigenvalue weighted by Gasteiger charge is 2.45. The number of benzene rings is 2. The lowest BCUT2D eigenvalue weighted by Gasteiger charge is -2.29. The van der Waals surface area contributed by atoms with Gasteiger partial charge in [-0.05, 0) is 74.9 Å². The summed E-state index contributed by atoms with van der Waals surface area (Å²) in [6.07, 6.45) is 1.49. The minimum absolute atomic E-state index is 0.0176. The normalized spacial score (nSPS) is 22.2. The van der Waals surface area contributed by atoms with E-state index in [4.69, 9.17) is 9.47 Å². The number of aliphatic carboxylic acids is 1. The Morgan fingerprint density at radius 2 is 1.90 bits per heavy atom. The predicted octanol–water partition coefficient (Wildman–Crippen LogP) is 3.92. The molecule has 1 fully saturated rings. The van der Waals surface area contributed by atoms with E-state index in [0.29, 0.717) is 28.6 Å². The molecule has 50 heavy (non-hydrogen) atoms. The van der Waals surface area contributed by atoms with E-state index in [2.05, 4.69) is 17.2 Å². The van der Waals surface area contributed by atoms with E-state index in [-0.39, 0.29) is 38.8 Å². The predicted molar refractivity (Wildman–Crippen MR) is 182 cm³/mol. The molecule has 4 atom stereocenters. The molecular weight excluding hydrogens is 647 g/mol. The summed E-state index contributed by atoms with van der Waals surface area (Å²) in [7, 11) is 0. The van der Waals surface area contributed by atoms with E-state index in [1.54, 1.807) is 63.4 Å². The quantitative estimate of drug-likeness (QED) is 0.329. The highest BCUT2D eigenvalue weighted by molar-refractivity contribution is 5.94. The molecule has 266 valence electrons. The van der Waals surface area contributed by atoms with E-state index >= 15 is 0 Å². The average Bonchev–Trinajstić information content (AvgIpc) is 3.62. The van der Waals surface area contributed by atoms with Crippen molar-refractivity contribution in [3.8, 4) is 0 Å². The second-order valence-corrected chi connectivity index (χ2v) is 13.8. The number of Topliss-reactive ketones (excluding diaryl/α,β-unsaturated/α-hetero) is 1. The Bertz CT molecular complexity index is 1800. The number of ether oxygens (including phenoxy) is 2. The second kappa shape index (κ2) is 15.2. The molecule has 2 aliphatic heterocycles. The van der Waals surface area contributed by atoms with Crippen molar-refractivity contribution in [2.24, 2.45) is 5.92 Å². The lowest BCUT2D eigenvalue weighted by molar-refractivity contribution is -0.155. The van der Waals surface area contributed by atoms with Gasteiger partial charge in [-0.1, -0.05) is 30.3 Å². The van der Waals surface area contributed by atoms with Crippen molar-refractivity contribution in [1.82, 2.24) is 20.1 Å². The number of halogens is 1. The molecule has 2 aromatic carbocycles. The van der Waals surface area contributed by atoms with Gasteiger partial charge in [0.25, 0.3) is 0 Å². The third-order valence-electron chi connectivity index (χ3n) is 8.82. The van der Waals surface area contributed by atoms with Crippen LogP contribution < -0.4 is 10.6 Å². The summed E-state index contributed by atoms with van der Waals surface area (Å²) in [6.45, 7) is 9.04. The first-order chi connectivity index (χ1) is 23.7. The van der Waals surface area contributed by atoms with Crippen molar-refractivity contribution >= 4 is 40.6 Å². The highest BCUT2D eigenvalue weighted by Crippen LogP contribution is 2.30. The fraction of sp³-hybridized carbons (Fsp3) is 0.432. The summed E-state index contributed by atoms with van der Waals surface area (Å²) in [5.41, 5.74) is 1.85. The van der Waals surface area contributed by atoms with Crippen LogP contribution in [0.15, 0.2) is 61.3 Å². The zero-order valence-electron chi connectivity index (χ0n) is 28.4. The van der Waals surface area contributed by atoms with Gasteiger partial charge in [-0.25, -0.2) is 14.0 Å². The van der Waals surface area contributed by atoms with Gasteiger partial charge in [0.15, 0.2) is 11.8 Å². The molecule has 4 bridgehead atoms. The van der Waals surface area contributed by atoms with Gasteiger partial charge in [-0.2, -0.15) is 0 Å². The molecule has 0 saturated carbocycles. The minimum atomic E-state index is -1.41. The van der Waals surface area contributed by atoms with E-state index in [0.717, 1.165) is 5.56 Å². The van der Waals surface area contributed by atoms with Crippen molar-refractivity contribution in [3.05, 3.63) is 83.8 Å². The number of nitrogens with zero attached hydrogens (tertiary/aromatic N) is 2. The maximum Gasteiger partial charge on any atom is 0.408 e. The van der Waals surface area contributed by atoms with E-state index in [9.17, 15) is 33.5 Å². The Balaban J connectivity index is 1.57. The fourth-order valence-corrected chi connectivity index (χ4v) is 6.64. The second-order valence-electron chi connectivity index (χ2n) is 13.8. The molecule has 1 aromatic heterocycles. The van der Waals surface area contributed by atoms with Crippen LogP contribution in [0.3, 0.4) is 0 Å². The largest absolute Gasteiger partial charge is 0.480 e. The lowest BCUT2D eigenvalue weighted by Crippen LogP contribution is -2.50. The van der Waals surface area contributed by atoms with Crippen molar-refractivity contribution in [2.75, 3.05) is 13.2 Å².